The average Bonchev–Trinajstić information content (AvgIpc) is 3.06. The number of ether oxygens (including phenoxy) is 6. The molecular weight excluding hydrogens is 626 g/mol. The van der Waals surface area contributed by atoms with Gasteiger partial charge in [0.15, 0.2) is 12.6 Å². The maximum atomic E-state index is 10.5. The van der Waals surface area contributed by atoms with Crippen molar-refractivity contribution in [1.29, 1.82) is 0 Å². The van der Waals surface area contributed by atoms with Crippen molar-refractivity contribution in [2.24, 2.45) is 15.3 Å². The van der Waals surface area contributed by atoms with Crippen molar-refractivity contribution in [2.75, 3.05) is 39.8 Å². The quantitative estimate of drug-likeness (QED) is 0.0296. The van der Waals surface area contributed by atoms with Crippen molar-refractivity contribution in [2.45, 2.75) is 105 Å². The second-order valence-corrected chi connectivity index (χ2v) is 10.2. The van der Waals surface area contributed by atoms with E-state index in [9.17, 15) is 40.9 Å². The molecule has 14 atom stereocenters. The summed E-state index contributed by atoms with van der Waals surface area (Å²) >= 11 is 0. The van der Waals surface area contributed by atoms with Gasteiger partial charge >= 0.3 is 0 Å². The van der Waals surface area contributed by atoms with Crippen LogP contribution in [0.3, 0.4) is 0 Å². The fourth-order valence-electron chi connectivity index (χ4n) is 4.85. The summed E-state index contributed by atoms with van der Waals surface area (Å²) in [6.45, 7) is -2.33. The van der Waals surface area contributed by atoms with Crippen molar-refractivity contribution in [3.63, 3.8) is 0 Å². The van der Waals surface area contributed by atoms with Crippen LogP contribution in [0.2, 0.25) is 0 Å². The number of hydrogen-bond donors (Lipinski definition) is 8. The van der Waals surface area contributed by atoms with Gasteiger partial charge < -0.3 is 69.3 Å². The normalized spacial score (nSPS) is 32.9. The van der Waals surface area contributed by atoms with Gasteiger partial charge in [0.1, 0.15) is 49.5 Å². The Morgan fingerprint density at radius 3 is 2.04 bits per heavy atom. The zero-order valence-corrected chi connectivity index (χ0v) is 24.8. The van der Waals surface area contributed by atoms with Crippen LogP contribution in [0, 0.1) is 0 Å². The number of azide groups is 3. The van der Waals surface area contributed by atoms with Crippen LogP contribution in [0.4, 0.5) is 0 Å². The van der Waals surface area contributed by atoms with Gasteiger partial charge in [0.25, 0.3) is 0 Å². The van der Waals surface area contributed by atoms with E-state index in [1.807, 2.05) is 0 Å². The molecule has 0 aromatic carbocycles. The standard InChI is InChI=1S/C23H41N9O14/c1-2-10(28-31-25)22(46-23-18(29-32-26)21(40)20(39)15(7-35)45-23)16(8-36)42-9-41-13(5-33)14(6-34)44-17-3-11(37)19(38)12(43-17)4-27-30-24/h10-23,33-40H,2-9H2,1H3/t10?,11?,12-,13+,14?,15?,16?,17+,18?,19-,20+,21?,22+,23+/m0/s1. The van der Waals surface area contributed by atoms with Gasteiger partial charge in [0, 0.05) is 21.2 Å². The summed E-state index contributed by atoms with van der Waals surface area (Å²) in [6, 6.07) is -2.57. The molecule has 2 heterocycles. The maximum Gasteiger partial charge on any atom is 0.169 e. The largest absolute Gasteiger partial charge is 0.394 e. The lowest BCUT2D eigenvalue weighted by Crippen LogP contribution is -2.60. The van der Waals surface area contributed by atoms with Crippen LogP contribution in [0.5, 0.6) is 0 Å². The molecule has 46 heavy (non-hydrogen) atoms. The molecule has 2 aliphatic rings. The third-order valence-corrected chi connectivity index (χ3v) is 7.39. The summed E-state index contributed by atoms with van der Waals surface area (Å²) in [5.41, 5.74) is 26.6. The highest BCUT2D eigenvalue weighted by molar-refractivity contribution is 4.95. The minimum atomic E-state index is -1.73. The van der Waals surface area contributed by atoms with Crippen LogP contribution in [0.15, 0.2) is 15.3 Å². The maximum absolute atomic E-state index is 10.5. The molecule has 7 unspecified atom stereocenters. The predicted molar refractivity (Wildman–Crippen MR) is 149 cm³/mol. The first kappa shape index (κ1) is 39.5. The SMILES string of the molecule is CCC(N=[N+]=[N-])[C@@H](O[C@H]1OC(CO)[C@@H](O)C(O)C1N=[N+]=[N-])C(CO)OCO[C@H](CO)C(CO)O[C@@H]1CC(O)[C@H](O)[C@H](CN=[N+]=[N-])O1. The minimum absolute atomic E-state index is 0.130. The molecule has 0 amide bonds. The van der Waals surface area contributed by atoms with E-state index >= 15 is 0 Å². The van der Waals surface area contributed by atoms with Crippen LogP contribution in [-0.4, -0.2) is 166 Å². The summed E-state index contributed by atoms with van der Waals surface area (Å²) in [6.07, 6.45) is -16.7. The molecule has 0 aromatic heterocycles. The molecule has 0 spiro atoms. The number of aliphatic hydroxyl groups is 8. The van der Waals surface area contributed by atoms with Gasteiger partial charge in [-0.05, 0) is 23.0 Å². The first-order chi connectivity index (χ1) is 22.1. The van der Waals surface area contributed by atoms with E-state index in [2.05, 4.69) is 30.1 Å². The zero-order valence-electron chi connectivity index (χ0n) is 24.8. The summed E-state index contributed by atoms with van der Waals surface area (Å²) in [5, 5.41) is 90.9. The van der Waals surface area contributed by atoms with Crippen molar-refractivity contribution < 1.29 is 69.3 Å². The lowest BCUT2D eigenvalue weighted by Gasteiger charge is -2.43. The Morgan fingerprint density at radius 2 is 1.48 bits per heavy atom. The van der Waals surface area contributed by atoms with Gasteiger partial charge in [-0.15, -0.1) is 0 Å². The molecule has 23 heteroatoms. The average molecular weight is 668 g/mol. The summed E-state index contributed by atoms with van der Waals surface area (Å²) in [7, 11) is 0. The van der Waals surface area contributed by atoms with Gasteiger partial charge in [-0.2, -0.15) is 0 Å². The summed E-state index contributed by atoms with van der Waals surface area (Å²) in [4.78, 5) is 7.98. The van der Waals surface area contributed by atoms with Crippen LogP contribution >= 0.6 is 0 Å². The molecule has 0 aliphatic carbocycles. The second-order valence-electron chi connectivity index (χ2n) is 10.2. The molecule has 0 bridgehead atoms. The summed E-state index contributed by atoms with van der Waals surface area (Å²) in [5.74, 6) is 0. The topological polar surface area (TPSA) is 364 Å². The molecule has 0 radical (unpaired) electrons. The number of nitrogens with zero attached hydrogens (tertiary/aromatic N) is 9. The fraction of sp³-hybridized carbons (Fsp3) is 1.00. The van der Waals surface area contributed by atoms with Gasteiger partial charge in [-0.25, -0.2) is 0 Å². The molecule has 2 saturated heterocycles. The van der Waals surface area contributed by atoms with Crippen LogP contribution < -0.4 is 0 Å². The van der Waals surface area contributed by atoms with Crippen molar-refractivity contribution in [3.05, 3.63) is 31.3 Å². The Bertz CT molecular complexity index is 1050. The second kappa shape index (κ2) is 20.6. The first-order valence-corrected chi connectivity index (χ1v) is 14.2. The zero-order chi connectivity index (χ0) is 34.2. The van der Waals surface area contributed by atoms with Gasteiger partial charge in [-0.1, -0.05) is 22.3 Å². The Morgan fingerprint density at radius 1 is 0.804 bits per heavy atom. The van der Waals surface area contributed by atoms with E-state index in [0.29, 0.717) is 0 Å². The highest BCUT2D eigenvalue weighted by Gasteiger charge is 2.47. The smallest absolute Gasteiger partial charge is 0.169 e. The van der Waals surface area contributed by atoms with Crippen molar-refractivity contribution in [3.8, 4) is 0 Å². The molecule has 8 N–H and O–H groups in total. The molecule has 2 rings (SSSR count). The van der Waals surface area contributed by atoms with E-state index in [4.69, 9.17) is 45.0 Å². The first-order valence-electron chi connectivity index (χ1n) is 14.2. The molecule has 23 nitrogen and oxygen atoms in total. The van der Waals surface area contributed by atoms with E-state index in [-0.39, 0.29) is 19.4 Å². The number of rotatable bonds is 20. The Balaban J connectivity index is 2.17. The molecular formula is C23H41N9O14. The number of aliphatic hydroxyl groups excluding tert-OH is 8. The van der Waals surface area contributed by atoms with E-state index in [1.54, 1.807) is 6.92 Å². The third-order valence-electron chi connectivity index (χ3n) is 7.39. The fourth-order valence-corrected chi connectivity index (χ4v) is 4.85. The predicted octanol–water partition coefficient (Wildman–Crippen LogP) is -2.18. The van der Waals surface area contributed by atoms with Gasteiger partial charge in [0.05, 0.1) is 63.4 Å². The highest BCUT2D eigenvalue weighted by Crippen LogP contribution is 2.29. The highest BCUT2D eigenvalue weighted by atomic mass is 16.7. The van der Waals surface area contributed by atoms with E-state index in [1.165, 1.54) is 0 Å². The van der Waals surface area contributed by atoms with Gasteiger partial charge in [0.2, 0.25) is 0 Å². The van der Waals surface area contributed by atoms with E-state index < -0.39 is 119 Å². The van der Waals surface area contributed by atoms with Crippen LogP contribution in [0.25, 0.3) is 31.3 Å². The summed E-state index contributed by atoms with van der Waals surface area (Å²) < 4.78 is 33.7. The lowest BCUT2D eigenvalue weighted by molar-refractivity contribution is -0.297. The molecule has 2 fully saturated rings. The molecule has 0 aromatic rings. The third kappa shape index (κ3) is 10.7. The Hall–Kier alpha value is -2.63. The van der Waals surface area contributed by atoms with Crippen molar-refractivity contribution in [1.82, 2.24) is 0 Å². The lowest BCUT2D eigenvalue weighted by atomic mass is 9.97. The molecule has 2 aliphatic heterocycles. The van der Waals surface area contributed by atoms with Crippen LogP contribution in [0.1, 0.15) is 19.8 Å². The monoisotopic (exact) mass is 667 g/mol. The molecule has 0 saturated carbocycles. The van der Waals surface area contributed by atoms with E-state index in [0.717, 1.165) is 0 Å². The Labute approximate surface area is 261 Å². The van der Waals surface area contributed by atoms with Crippen molar-refractivity contribution >= 4 is 0 Å². The Kier molecular flexibility index (Phi) is 17.7. The van der Waals surface area contributed by atoms with Gasteiger partial charge in [-0.3, -0.25) is 0 Å². The van der Waals surface area contributed by atoms with Crippen LogP contribution in [-0.2, 0) is 28.4 Å². The molecule has 262 valence electrons. The minimum Gasteiger partial charge on any atom is -0.394 e. The number of hydrogen-bond acceptors (Lipinski definition) is 17.